The average Bonchev–Trinajstić information content (AvgIpc) is 2.85. The summed E-state index contributed by atoms with van der Waals surface area (Å²) in [5, 5.41) is 1.08. The van der Waals surface area contributed by atoms with E-state index in [1.807, 2.05) is 18.2 Å². The summed E-state index contributed by atoms with van der Waals surface area (Å²) in [6, 6.07) is 7.74. The van der Waals surface area contributed by atoms with E-state index in [2.05, 4.69) is 54.8 Å². The van der Waals surface area contributed by atoms with Crippen LogP contribution < -0.4 is 4.74 Å². The van der Waals surface area contributed by atoms with Gasteiger partial charge in [-0.3, -0.25) is 0 Å². The number of rotatable bonds is 3. The maximum Gasteiger partial charge on any atom is 0.232 e. The lowest BCUT2D eigenvalue weighted by Gasteiger charge is -2.08. The van der Waals surface area contributed by atoms with Gasteiger partial charge >= 0.3 is 0 Å². The van der Waals surface area contributed by atoms with Crippen LogP contribution in [0, 0.1) is 0 Å². The fraction of sp³-hybridized carbons (Fsp3) is 0.143. The summed E-state index contributed by atoms with van der Waals surface area (Å²) in [4.78, 5) is 10.5. The van der Waals surface area contributed by atoms with E-state index in [-0.39, 0.29) is 5.28 Å². The molecular weight excluding hydrogens is 439 g/mol. The van der Waals surface area contributed by atoms with Crippen LogP contribution in [0.3, 0.4) is 0 Å². The Morgan fingerprint density at radius 2 is 2.05 bits per heavy atom. The molecule has 0 fully saturated rings. The molecule has 0 saturated carbocycles. The molecule has 21 heavy (non-hydrogen) atoms. The Morgan fingerprint density at radius 1 is 1.24 bits per heavy atom. The van der Waals surface area contributed by atoms with Crippen molar-refractivity contribution in [2.45, 2.75) is 13.3 Å². The first-order valence-electron chi connectivity index (χ1n) is 6.15. The zero-order valence-corrected chi connectivity index (χ0v) is 15.6. The highest BCUT2D eigenvalue weighted by molar-refractivity contribution is 9.11. The standard InChI is InChI=1S/C14H9Br2ClN2OS/c1-2-8-6-9-12(18-14(17)19-13(9)21-8)20-11-4-3-7(15)5-10(11)16/h3-6H,2H2,1H3. The number of ether oxygens (including phenoxy) is 1. The van der Waals surface area contributed by atoms with Crippen LogP contribution in [0.25, 0.3) is 10.2 Å². The van der Waals surface area contributed by atoms with Gasteiger partial charge in [-0.15, -0.1) is 11.3 Å². The second kappa shape index (κ2) is 6.20. The topological polar surface area (TPSA) is 35.0 Å². The predicted molar refractivity (Wildman–Crippen MR) is 93.7 cm³/mol. The van der Waals surface area contributed by atoms with E-state index >= 15 is 0 Å². The number of fused-ring (bicyclic) bond motifs is 1. The molecule has 0 aliphatic heterocycles. The molecule has 108 valence electrons. The molecule has 0 atom stereocenters. The van der Waals surface area contributed by atoms with E-state index < -0.39 is 0 Å². The number of halogens is 3. The van der Waals surface area contributed by atoms with Crippen LogP contribution in [-0.4, -0.2) is 9.97 Å². The number of aromatic nitrogens is 2. The molecule has 3 rings (SSSR count). The predicted octanol–water partition coefficient (Wildman–Crippen LogP) is 6.22. The van der Waals surface area contributed by atoms with Crippen LogP contribution in [0.15, 0.2) is 33.2 Å². The smallest absolute Gasteiger partial charge is 0.232 e. The molecule has 0 aliphatic rings. The first kappa shape index (κ1) is 15.2. The maximum atomic E-state index is 5.99. The summed E-state index contributed by atoms with van der Waals surface area (Å²) in [7, 11) is 0. The summed E-state index contributed by atoms with van der Waals surface area (Å²) in [6.07, 6.45) is 0.945. The molecule has 0 N–H and O–H groups in total. The first-order valence-corrected chi connectivity index (χ1v) is 8.93. The Bertz CT molecular complexity index is 822. The van der Waals surface area contributed by atoms with Crippen LogP contribution >= 0.6 is 54.8 Å². The number of benzene rings is 1. The molecule has 0 spiro atoms. The van der Waals surface area contributed by atoms with E-state index in [9.17, 15) is 0 Å². The highest BCUT2D eigenvalue weighted by Crippen LogP contribution is 2.37. The van der Waals surface area contributed by atoms with Crippen molar-refractivity contribution < 1.29 is 4.74 Å². The van der Waals surface area contributed by atoms with E-state index in [0.717, 1.165) is 25.6 Å². The summed E-state index contributed by atoms with van der Waals surface area (Å²) in [5.41, 5.74) is 0. The van der Waals surface area contributed by atoms with Crippen LogP contribution in [0.2, 0.25) is 5.28 Å². The van der Waals surface area contributed by atoms with Crippen molar-refractivity contribution in [2.75, 3.05) is 0 Å². The third-order valence-corrected chi connectivity index (χ3v) is 5.29. The summed E-state index contributed by atoms with van der Waals surface area (Å²) in [6.45, 7) is 2.10. The quantitative estimate of drug-likeness (QED) is 0.446. The molecule has 0 radical (unpaired) electrons. The Morgan fingerprint density at radius 3 is 2.76 bits per heavy atom. The van der Waals surface area contributed by atoms with Crippen molar-refractivity contribution in [1.82, 2.24) is 9.97 Å². The van der Waals surface area contributed by atoms with Gasteiger partial charge in [0.25, 0.3) is 0 Å². The van der Waals surface area contributed by atoms with Crippen LogP contribution in [0.4, 0.5) is 0 Å². The third-order valence-electron chi connectivity index (χ3n) is 2.83. The second-order valence-corrected chi connectivity index (χ2v) is 7.48. The number of thiophene rings is 1. The van der Waals surface area contributed by atoms with E-state index in [0.29, 0.717) is 11.6 Å². The molecule has 0 saturated heterocycles. The van der Waals surface area contributed by atoms with Gasteiger partial charge < -0.3 is 4.74 Å². The number of hydrogen-bond acceptors (Lipinski definition) is 4. The highest BCUT2D eigenvalue weighted by atomic mass is 79.9. The van der Waals surface area contributed by atoms with E-state index in [1.165, 1.54) is 4.88 Å². The van der Waals surface area contributed by atoms with Crippen molar-refractivity contribution in [3.63, 3.8) is 0 Å². The zero-order valence-electron chi connectivity index (χ0n) is 10.9. The summed E-state index contributed by atoms with van der Waals surface area (Å²) < 4.78 is 7.73. The van der Waals surface area contributed by atoms with E-state index in [4.69, 9.17) is 16.3 Å². The number of hydrogen-bond donors (Lipinski definition) is 0. The lowest BCUT2D eigenvalue weighted by atomic mass is 10.3. The lowest BCUT2D eigenvalue weighted by Crippen LogP contribution is -1.92. The molecule has 1 aromatic carbocycles. The molecule has 2 aromatic heterocycles. The van der Waals surface area contributed by atoms with Crippen LogP contribution in [0.1, 0.15) is 11.8 Å². The minimum Gasteiger partial charge on any atom is -0.437 e. The Kier molecular flexibility index (Phi) is 4.49. The van der Waals surface area contributed by atoms with Gasteiger partial charge in [-0.2, -0.15) is 4.98 Å². The number of aryl methyl sites for hydroxylation is 1. The Labute approximate surface area is 147 Å². The zero-order chi connectivity index (χ0) is 15.0. The lowest BCUT2D eigenvalue weighted by molar-refractivity contribution is 0.465. The fourth-order valence-electron chi connectivity index (χ4n) is 1.83. The number of nitrogens with zero attached hydrogens (tertiary/aromatic N) is 2. The Balaban J connectivity index is 2.08. The van der Waals surface area contributed by atoms with Crippen LogP contribution in [0.5, 0.6) is 11.6 Å². The normalized spacial score (nSPS) is 11.0. The molecular formula is C14H9Br2ClN2OS. The minimum absolute atomic E-state index is 0.190. The van der Waals surface area contributed by atoms with Gasteiger partial charge in [-0.25, -0.2) is 4.98 Å². The summed E-state index contributed by atoms with van der Waals surface area (Å²) in [5.74, 6) is 1.16. The molecule has 3 aromatic rings. The maximum absolute atomic E-state index is 5.99. The van der Waals surface area contributed by atoms with Gasteiger partial charge in [0.05, 0.1) is 9.86 Å². The molecule has 7 heteroatoms. The monoisotopic (exact) mass is 446 g/mol. The molecule has 0 bridgehead atoms. The first-order chi connectivity index (χ1) is 10.1. The van der Waals surface area contributed by atoms with Gasteiger partial charge in [-0.05, 0) is 58.2 Å². The van der Waals surface area contributed by atoms with Gasteiger partial charge in [0.1, 0.15) is 10.6 Å². The van der Waals surface area contributed by atoms with Crippen molar-refractivity contribution in [3.05, 3.63) is 43.4 Å². The Hall–Kier alpha value is -0.690. The van der Waals surface area contributed by atoms with E-state index in [1.54, 1.807) is 11.3 Å². The molecule has 2 heterocycles. The SMILES string of the molecule is CCc1cc2c(Oc3ccc(Br)cc3Br)nc(Cl)nc2s1. The fourth-order valence-corrected chi connectivity index (χ4v) is 4.13. The van der Waals surface area contributed by atoms with Crippen molar-refractivity contribution in [2.24, 2.45) is 0 Å². The second-order valence-electron chi connectivity index (χ2n) is 4.26. The summed E-state index contributed by atoms with van der Waals surface area (Å²) >= 11 is 14.5. The van der Waals surface area contributed by atoms with Crippen LogP contribution in [-0.2, 0) is 6.42 Å². The van der Waals surface area contributed by atoms with Crippen molar-refractivity contribution in [1.29, 1.82) is 0 Å². The van der Waals surface area contributed by atoms with Gasteiger partial charge in [0.15, 0.2) is 0 Å². The minimum atomic E-state index is 0.190. The van der Waals surface area contributed by atoms with Crippen molar-refractivity contribution >= 4 is 65.0 Å². The molecule has 0 aliphatic carbocycles. The van der Waals surface area contributed by atoms with Gasteiger partial charge in [0.2, 0.25) is 11.2 Å². The molecule has 3 nitrogen and oxygen atoms in total. The molecule has 0 amide bonds. The molecule has 0 unspecified atom stereocenters. The van der Waals surface area contributed by atoms with Gasteiger partial charge in [0, 0.05) is 9.35 Å². The largest absolute Gasteiger partial charge is 0.437 e. The highest BCUT2D eigenvalue weighted by Gasteiger charge is 2.14. The van der Waals surface area contributed by atoms with Crippen molar-refractivity contribution in [3.8, 4) is 11.6 Å². The average molecular weight is 449 g/mol. The van der Waals surface area contributed by atoms with Gasteiger partial charge in [-0.1, -0.05) is 22.9 Å². The third kappa shape index (κ3) is 3.23.